The molecule has 28 heavy (non-hydrogen) atoms. The van der Waals surface area contributed by atoms with Crippen molar-refractivity contribution in [1.29, 1.82) is 0 Å². The molecular formula is C21H23N3O3S. The number of amides is 2. The zero-order valence-electron chi connectivity index (χ0n) is 16.1. The molecule has 0 saturated heterocycles. The van der Waals surface area contributed by atoms with Gasteiger partial charge in [0.2, 0.25) is 5.91 Å². The normalized spacial score (nSPS) is 12.9. The first-order valence-electron chi connectivity index (χ1n) is 9.03. The molecule has 0 aliphatic rings. The van der Waals surface area contributed by atoms with Gasteiger partial charge in [0.05, 0.1) is 16.8 Å². The summed E-state index contributed by atoms with van der Waals surface area (Å²) in [5.74, 6) is -0.475. The largest absolute Gasteiger partial charge is 0.383 e. The van der Waals surface area contributed by atoms with E-state index in [1.165, 1.54) is 11.3 Å². The zero-order chi connectivity index (χ0) is 20.1. The Morgan fingerprint density at radius 3 is 2.61 bits per heavy atom. The van der Waals surface area contributed by atoms with Crippen molar-refractivity contribution in [2.45, 2.75) is 19.9 Å². The van der Waals surface area contributed by atoms with Crippen LogP contribution < -0.4 is 10.1 Å². The molecule has 1 atom stereocenters. The van der Waals surface area contributed by atoms with Gasteiger partial charge in [0, 0.05) is 19.2 Å². The summed E-state index contributed by atoms with van der Waals surface area (Å²) in [5, 5.41) is 2.85. The molecule has 0 radical (unpaired) electrons. The van der Waals surface area contributed by atoms with E-state index < -0.39 is 6.04 Å². The highest BCUT2D eigenvalue weighted by Crippen LogP contribution is 2.21. The number of nitrogens with one attached hydrogen (secondary N) is 1. The van der Waals surface area contributed by atoms with Crippen LogP contribution in [0, 0.1) is 6.92 Å². The van der Waals surface area contributed by atoms with E-state index in [0.717, 1.165) is 15.8 Å². The Hall–Kier alpha value is -2.77. The first kappa shape index (κ1) is 20.0. The molecule has 146 valence electrons. The molecule has 1 aromatic heterocycles. The smallest absolute Gasteiger partial charge is 0.279 e. The first-order valence-corrected chi connectivity index (χ1v) is 9.85. The molecular weight excluding hydrogens is 374 g/mol. The van der Waals surface area contributed by atoms with Gasteiger partial charge in [-0.3, -0.25) is 9.59 Å². The molecule has 1 N–H and O–H groups in total. The predicted molar refractivity (Wildman–Crippen MR) is 110 cm³/mol. The number of fused-ring (bicyclic) bond motifs is 1. The van der Waals surface area contributed by atoms with Gasteiger partial charge in [-0.2, -0.15) is 4.99 Å². The van der Waals surface area contributed by atoms with E-state index in [1.54, 1.807) is 26.2 Å². The lowest BCUT2D eigenvalue weighted by molar-refractivity contribution is -0.124. The lowest BCUT2D eigenvalue weighted by Crippen LogP contribution is -2.36. The van der Waals surface area contributed by atoms with Crippen LogP contribution in [0.15, 0.2) is 53.5 Å². The minimum atomic E-state index is -0.516. The van der Waals surface area contributed by atoms with Crippen molar-refractivity contribution in [3.05, 3.63) is 64.5 Å². The number of aromatic nitrogens is 1. The molecule has 7 heteroatoms. The number of hydrogen-bond acceptors (Lipinski definition) is 4. The second-order valence-corrected chi connectivity index (χ2v) is 7.47. The SMILES string of the molecule is COCCNC(=O)C(C)n1c(=NC(=O)c2ccc(C)cc2)sc2ccccc21. The lowest BCUT2D eigenvalue weighted by Gasteiger charge is -2.15. The summed E-state index contributed by atoms with van der Waals surface area (Å²) in [4.78, 5) is 30.1. The number of hydrogen-bond donors (Lipinski definition) is 1. The van der Waals surface area contributed by atoms with Crippen LogP contribution >= 0.6 is 11.3 Å². The quantitative estimate of drug-likeness (QED) is 0.650. The van der Waals surface area contributed by atoms with Gasteiger partial charge in [0.1, 0.15) is 6.04 Å². The minimum Gasteiger partial charge on any atom is -0.383 e. The van der Waals surface area contributed by atoms with Crippen LogP contribution in [-0.4, -0.2) is 36.6 Å². The fraction of sp³-hybridized carbons (Fsp3) is 0.286. The lowest BCUT2D eigenvalue weighted by atomic mass is 10.1. The third kappa shape index (κ3) is 4.37. The Kier molecular flexibility index (Phi) is 6.38. The Labute approximate surface area is 167 Å². The fourth-order valence-corrected chi connectivity index (χ4v) is 3.93. The Morgan fingerprint density at radius 1 is 1.18 bits per heavy atom. The van der Waals surface area contributed by atoms with Crippen molar-refractivity contribution in [2.24, 2.45) is 4.99 Å². The van der Waals surface area contributed by atoms with Gasteiger partial charge in [0.25, 0.3) is 5.91 Å². The van der Waals surface area contributed by atoms with Crippen LogP contribution in [0.3, 0.4) is 0 Å². The van der Waals surface area contributed by atoms with E-state index in [4.69, 9.17) is 4.74 Å². The number of para-hydroxylation sites is 1. The average Bonchev–Trinajstić information content (AvgIpc) is 3.05. The van der Waals surface area contributed by atoms with Gasteiger partial charge in [-0.05, 0) is 38.1 Å². The number of rotatable bonds is 6. The predicted octanol–water partition coefficient (Wildman–Crippen LogP) is 3.08. The van der Waals surface area contributed by atoms with E-state index in [0.29, 0.717) is 23.5 Å². The van der Waals surface area contributed by atoms with E-state index in [9.17, 15) is 9.59 Å². The van der Waals surface area contributed by atoms with Crippen molar-refractivity contribution >= 4 is 33.4 Å². The Balaban J connectivity index is 2.02. The molecule has 3 aromatic rings. The van der Waals surface area contributed by atoms with Crippen molar-refractivity contribution in [1.82, 2.24) is 9.88 Å². The number of carbonyl (C=O) groups excluding carboxylic acids is 2. The van der Waals surface area contributed by atoms with Gasteiger partial charge in [-0.15, -0.1) is 0 Å². The van der Waals surface area contributed by atoms with Crippen molar-refractivity contribution in [3.63, 3.8) is 0 Å². The molecule has 0 spiro atoms. The van der Waals surface area contributed by atoms with Gasteiger partial charge >= 0.3 is 0 Å². The molecule has 6 nitrogen and oxygen atoms in total. The van der Waals surface area contributed by atoms with Crippen molar-refractivity contribution in [3.8, 4) is 0 Å². The molecule has 0 saturated carbocycles. The highest BCUT2D eigenvalue weighted by Gasteiger charge is 2.19. The van der Waals surface area contributed by atoms with Crippen LogP contribution in [0.2, 0.25) is 0 Å². The minimum absolute atomic E-state index is 0.148. The number of nitrogens with zero attached hydrogens (tertiary/aromatic N) is 2. The van der Waals surface area contributed by atoms with Gasteiger partial charge in [-0.25, -0.2) is 0 Å². The van der Waals surface area contributed by atoms with Crippen molar-refractivity contribution < 1.29 is 14.3 Å². The second kappa shape index (κ2) is 8.95. The summed E-state index contributed by atoms with van der Waals surface area (Å²) in [6.45, 7) is 4.64. The van der Waals surface area contributed by atoms with Gasteiger partial charge in [0.15, 0.2) is 4.80 Å². The first-order chi connectivity index (χ1) is 13.5. The number of aryl methyl sites for hydroxylation is 1. The molecule has 0 aliphatic heterocycles. The molecule has 1 heterocycles. The summed E-state index contributed by atoms with van der Waals surface area (Å²) in [6, 6.07) is 14.5. The number of thiazole rings is 1. The van der Waals surface area contributed by atoms with E-state index in [1.807, 2.05) is 47.9 Å². The maximum Gasteiger partial charge on any atom is 0.279 e. The number of carbonyl (C=O) groups is 2. The summed E-state index contributed by atoms with van der Waals surface area (Å²) >= 11 is 1.39. The molecule has 0 aliphatic carbocycles. The topological polar surface area (TPSA) is 72.7 Å². The van der Waals surface area contributed by atoms with E-state index in [-0.39, 0.29) is 11.8 Å². The summed E-state index contributed by atoms with van der Waals surface area (Å²) < 4.78 is 7.76. The molecule has 0 fully saturated rings. The average molecular weight is 398 g/mol. The number of methoxy groups -OCH3 is 1. The summed E-state index contributed by atoms with van der Waals surface area (Å²) in [6.07, 6.45) is 0. The Morgan fingerprint density at radius 2 is 1.89 bits per heavy atom. The molecule has 0 bridgehead atoms. The van der Waals surface area contributed by atoms with Gasteiger partial charge in [-0.1, -0.05) is 41.2 Å². The van der Waals surface area contributed by atoms with Crippen LogP contribution in [0.5, 0.6) is 0 Å². The van der Waals surface area contributed by atoms with E-state index >= 15 is 0 Å². The zero-order valence-corrected chi connectivity index (χ0v) is 17.0. The standard InChI is InChI=1S/C21H23N3O3S/c1-14-8-10-16(11-9-14)20(26)23-21-24(15(2)19(25)22-12-13-27-3)17-6-4-5-7-18(17)28-21/h4-11,15H,12-13H2,1-3H3,(H,22,25). The molecule has 2 aromatic carbocycles. The van der Waals surface area contributed by atoms with E-state index in [2.05, 4.69) is 10.3 Å². The maximum atomic E-state index is 12.7. The highest BCUT2D eigenvalue weighted by atomic mass is 32.1. The monoisotopic (exact) mass is 397 g/mol. The summed E-state index contributed by atoms with van der Waals surface area (Å²) in [5.41, 5.74) is 2.47. The maximum absolute atomic E-state index is 12.7. The van der Waals surface area contributed by atoms with Crippen LogP contribution in [0.25, 0.3) is 10.2 Å². The second-order valence-electron chi connectivity index (χ2n) is 6.47. The fourth-order valence-electron chi connectivity index (χ4n) is 2.83. The van der Waals surface area contributed by atoms with Crippen LogP contribution in [0.4, 0.5) is 0 Å². The third-order valence-corrected chi connectivity index (χ3v) is 5.44. The van der Waals surface area contributed by atoms with Crippen molar-refractivity contribution in [2.75, 3.05) is 20.3 Å². The number of ether oxygens (including phenoxy) is 1. The van der Waals surface area contributed by atoms with Crippen LogP contribution in [0.1, 0.15) is 28.9 Å². The Bertz CT molecular complexity index is 1050. The molecule has 3 rings (SSSR count). The highest BCUT2D eigenvalue weighted by molar-refractivity contribution is 7.16. The third-order valence-electron chi connectivity index (χ3n) is 4.40. The van der Waals surface area contributed by atoms with Gasteiger partial charge < -0.3 is 14.6 Å². The summed E-state index contributed by atoms with van der Waals surface area (Å²) in [7, 11) is 1.59. The number of benzene rings is 2. The molecule has 2 amide bonds. The van der Waals surface area contributed by atoms with Crippen LogP contribution in [-0.2, 0) is 9.53 Å². The molecule has 1 unspecified atom stereocenters.